The molecular weight excluding hydrogens is 281 g/mol. The van der Waals surface area contributed by atoms with Crippen LogP contribution < -0.4 is 0 Å². The predicted molar refractivity (Wildman–Crippen MR) is 77.3 cm³/mol. The fraction of sp³-hybridized carbons (Fsp3) is 0.429. The molecule has 6 heteroatoms. The number of aromatic nitrogens is 2. The van der Waals surface area contributed by atoms with E-state index in [2.05, 4.69) is 4.98 Å². The quantitative estimate of drug-likeness (QED) is 0.814. The molecule has 1 aromatic carbocycles. The summed E-state index contributed by atoms with van der Waals surface area (Å²) >= 11 is 6.12. The molecule has 108 valence electrons. The van der Waals surface area contributed by atoms with E-state index in [-0.39, 0.29) is 17.1 Å². The summed E-state index contributed by atoms with van der Waals surface area (Å²) in [6.45, 7) is 2.29. The number of hydrogen-bond donors (Lipinski definition) is 0. The molecule has 0 radical (unpaired) electrons. The van der Waals surface area contributed by atoms with Gasteiger partial charge >= 0.3 is 0 Å². The molecular formula is C14H17ClFN3O. The topological polar surface area (TPSA) is 38.1 Å². The van der Waals surface area contributed by atoms with Crippen LogP contribution in [0.2, 0.25) is 0 Å². The normalized spacial score (nSPS) is 12.7. The van der Waals surface area contributed by atoms with Crippen molar-refractivity contribution in [3.05, 3.63) is 29.8 Å². The lowest BCUT2D eigenvalue weighted by Crippen LogP contribution is -2.23. The zero-order valence-electron chi connectivity index (χ0n) is 11.7. The van der Waals surface area contributed by atoms with Crippen LogP contribution in [-0.2, 0) is 11.3 Å². The van der Waals surface area contributed by atoms with Gasteiger partial charge in [-0.3, -0.25) is 4.79 Å². The van der Waals surface area contributed by atoms with Crippen molar-refractivity contribution in [1.82, 2.24) is 14.5 Å². The first-order valence-electron chi connectivity index (χ1n) is 6.40. The van der Waals surface area contributed by atoms with Gasteiger partial charge in [-0.05, 0) is 19.1 Å². The molecule has 4 nitrogen and oxygen atoms in total. The number of hydrogen-bond acceptors (Lipinski definition) is 2. The van der Waals surface area contributed by atoms with E-state index < -0.39 is 0 Å². The van der Waals surface area contributed by atoms with E-state index in [9.17, 15) is 9.18 Å². The maximum Gasteiger partial charge on any atom is 0.223 e. The predicted octanol–water partition coefficient (Wildman–Crippen LogP) is 2.95. The summed E-state index contributed by atoms with van der Waals surface area (Å²) in [6, 6.07) is 4.43. The highest BCUT2D eigenvalue weighted by molar-refractivity contribution is 6.20. The van der Waals surface area contributed by atoms with Crippen LogP contribution in [0.3, 0.4) is 0 Å². The number of amides is 1. The molecule has 0 saturated carbocycles. The van der Waals surface area contributed by atoms with E-state index in [0.717, 1.165) is 5.52 Å². The van der Waals surface area contributed by atoms with Gasteiger partial charge < -0.3 is 9.47 Å². The standard InChI is InChI=1S/C14H17ClFN3O/c1-9(15)14-17-11-8-10(16)4-5-12(11)19(14)7-6-13(20)18(2)3/h4-5,8-9H,6-7H2,1-3H3. The number of carbonyl (C=O) groups excluding carboxylic acids is 1. The second kappa shape index (κ2) is 5.79. The van der Waals surface area contributed by atoms with Crippen molar-refractivity contribution in [1.29, 1.82) is 0 Å². The van der Waals surface area contributed by atoms with Crippen molar-refractivity contribution in [2.24, 2.45) is 0 Å². The van der Waals surface area contributed by atoms with E-state index in [4.69, 9.17) is 11.6 Å². The number of carbonyl (C=O) groups is 1. The lowest BCUT2D eigenvalue weighted by atomic mass is 10.3. The third-order valence-electron chi connectivity index (χ3n) is 3.14. The van der Waals surface area contributed by atoms with E-state index in [1.807, 2.05) is 11.5 Å². The summed E-state index contributed by atoms with van der Waals surface area (Å²) in [6.07, 6.45) is 0.354. The minimum Gasteiger partial charge on any atom is -0.349 e. The third-order valence-corrected chi connectivity index (χ3v) is 3.34. The number of nitrogens with zero attached hydrogens (tertiary/aromatic N) is 3. The molecule has 0 aliphatic rings. The summed E-state index contributed by atoms with van der Waals surface area (Å²) in [5.74, 6) is 0.348. The molecule has 0 fully saturated rings. The fourth-order valence-electron chi connectivity index (χ4n) is 2.09. The Bertz CT molecular complexity index is 637. The second-order valence-electron chi connectivity index (χ2n) is 4.91. The Morgan fingerprint density at radius 2 is 2.20 bits per heavy atom. The molecule has 0 N–H and O–H groups in total. The number of rotatable bonds is 4. The van der Waals surface area contributed by atoms with Gasteiger partial charge in [-0.1, -0.05) is 0 Å². The van der Waals surface area contributed by atoms with E-state index in [0.29, 0.717) is 24.3 Å². The molecule has 1 atom stereocenters. The lowest BCUT2D eigenvalue weighted by Gasteiger charge is -2.13. The molecule has 0 saturated heterocycles. The molecule has 2 aromatic rings. The highest BCUT2D eigenvalue weighted by Gasteiger charge is 2.16. The Labute approximate surface area is 122 Å². The lowest BCUT2D eigenvalue weighted by molar-refractivity contribution is -0.128. The first-order valence-corrected chi connectivity index (χ1v) is 6.83. The number of benzene rings is 1. The minimum absolute atomic E-state index is 0.0298. The molecule has 0 aliphatic carbocycles. The molecule has 1 aromatic heterocycles. The van der Waals surface area contributed by atoms with Gasteiger partial charge in [0.15, 0.2) is 0 Å². The van der Waals surface area contributed by atoms with Crippen LogP contribution in [0.15, 0.2) is 18.2 Å². The maximum absolute atomic E-state index is 13.3. The smallest absolute Gasteiger partial charge is 0.223 e. The van der Waals surface area contributed by atoms with E-state index >= 15 is 0 Å². The van der Waals surface area contributed by atoms with Gasteiger partial charge in [0.2, 0.25) is 5.91 Å². The average molecular weight is 298 g/mol. The van der Waals surface area contributed by atoms with Gasteiger partial charge in [0, 0.05) is 33.1 Å². The molecule has 0 aliphatic heterocycles. The van der Waals surface area contributed by atoms with Crippen molar-refractivity contribution >= 4 is 28.5 Å². The van der Waals surface area contributed by atoms with Crippen LogP contribution in [0.4, 0.5) is 4.39 Å². The summed E-state index contributed by atoms with van der Waals surface area (Å²) in [5, 5.41) is -0.306. The Morgan fingerprint density at radius 3 is 2.80 bits per heavy atom. The van der Waals surface area contributed by atoms with Gasteiger partial charge in [0.25, 0.3) is 0 Å². The number of imidazole rings is 1. The van der Waals surface area contributed by atoms with Crippen molar-refractivity contribution in [3.8, 4) is 0 Å². The van der Waals surface area contributed by atoms with Gasteiger partial charge in [0.05, 0.1) is 16.4 Å². The maximum atomic E-state index is 13.3. The Morgan fingerprint density at radius 1 is 1.50 bits per heavy atom. The monoisotopic (exact) mass is 297 g/mol. The summed E-state index contributed by atoms with van der Waals surface area (Å²) < 4.78 is 15.1. The van der Waals surface area contributed by atoms with Gasteiger partial charge in [-0.15, -0.1) is 11.6 Å². The first-order chi connectivity index (χ1) is 9.40. The van der Waals surface area contributed by atoms with Crippen LogP contribution in [0, 0.1) is 5.82 Å². The van der Waals surface area contributed by atoms with Crippen LogP contribution in [-0.4, -0.2) is 34.5 Å². The Balaban J connectivity index is 2.39. The molecule has 1 heterocycles. The molecule has 0 spiro atoms. The number of aryl methyl sites for hydroxylation is 1. The highest BCUT2D eigenvalue weighted by atomic mass is 35.5. The molecule has 2 rings (SSSR count). The average Bonchev–Trinajstić information content (AvgIpc) is 2.73. The second-order valence-corrected chi connectivity index (χ2v) is 5.56. The van der Waals surface area contributed by atoms with E-state index in [1.54, 1.807) is 25.1 Å². The molecule has 1 amide bonds. The number of alkyl halides is 1. The van der Waals surface area contributed by atoms with Crippen LogP contribution in [0.1, 0.15) is 24.5 Å². The van der Waals surface area contributed by atoms with Crippen LogP contribution in [0.25, 0.3) is 11.0 Å². The summed E-state index contributed by atoms with van der Waals surface area (Å²) in [7, 11) is 3.43. The summed E-state index contributed by atoms with van der Waals surface area (Å²) in [5.41, 5.74) is 1.35. The Kier molecular flexibility index (Phi) is 4.28. The molecule has 20 heavy (non-hydrogen) atoms. The van der Waals surface area contributed by atoms with Crippen molar-refractivity contribution in [2.45, 2.75) is 25.3 Å². The van der Waals surface area contributed by atoms with Gasteiger partial charge in [-0.2, -0.15) is 0 Å². The summed E-state index contributed by atoms with van der Waals surface area (Å²) in [4.78, 5) is 17.6. The SMILES string of the molecule is CC(Cl)c1nc2cc(F)ccc2n1CCC(=O)N(C)C. The van der Waals surface area contributed by atoms with Crippen LogP contribution >= 0.6 is 11.6 Å². The number of fused-ring (bicyclic) bond motifs is 1. The zero-order valence-corrected chi connectivity index (χ0v) is 12.5. The van der Waals surface area contributed by atoms with Gasteiger partial charge in [0.1, 0.15) is 11.6 Å². The van der Waals surface area contributed by atoms with Crippen molar-refractivity contribution in [3.63, 3.8) is 0 Å². The number of halogens is 2. The first kappa shape index (κ1) is 14.8. The minimum atomic E-state index is -0.333. The van der Waals surface area contributed by atoms with Crippen molar-refractivity contribution in [2.75, 3.05) is 14.1 Å². The van der Waals surface area contributed by atoms with Gasteiger partial charge in [-0.25, -0.2) is 9.37 Å². The zero-order chi connectivity index (χ0) is 14.9. The van der Waals surface area contributed by atoms with E-state index in [1.165, 1.54) is 12.1 Å². The molecule has 0 bridgehead atoms. The largest absolute Gasteiger partial charge is 0.349 e. The Hall–Kier alpha value is -1.62. The highest BCUT2D eigenvalue weighted by Crippen LogP contribution is 2.25. The van der Waals surface area contributed by atoms with Crippen LogP contribution in [0.5, 0.6) is 0 Å². The fourth-order valence-corrected chi connectivity index (χ4v) is 2.26. The molecule has 1 unspecified atom stereocenters. The third kappa shape index (κ3) is 2.93. The van der Waals surface area contributed by atoms with Crippen molar-refractivity contribution < 1.29 is 9.18 Å².